The number of rotatable bonds is 7. The van der Waals surface area contributed by atoms with E-state index in [1.807, 2.05) is 37.4 Å². The number of nitrogens with zero attached hydrogens (tertiary/aromatic N) is 1. The zero-order chi connectivity index (χ0) is 13.2. The molecule has 100 valence electrons. The van der Waals surface area contributed by atoms with Gasteiger partial charge in [0.15, 0.2) is 0 Å². The molecule has 0 spiro atoms. The molecule has 1 rings (SSSR count). The fraction of sp³-hybridized carbons (Fsp3) is 0.533. The van der Waals surface area contributed by atoms with E-state index < -0.39 is 0 Å². The first-order chi connectivity index (χ1) is 8.74. The standard InChI is InChI=1S/C15H24N2O/c1-3-4-5-9-12-16-15(18)17(2)13-14-10-7-6-8-11-14/h6-8,10-11H,3-5,9,12-13H2,1-2H3,(H,16,18). The molecule has 3 heteroatoms. The number of benzene rings is 1. The van der Waals surface area contributed by atoms with Crippen LogP contribution in [0, 0.1) is 0 Å². The van der Waals surface area contributed by atoms with Crippen molar-refractivity contribution in [2.75, 3.05) is 13.6 Å². The van der Waals surface area contributed by atoms with Gasteiger partial charge in [-0.05, 0) is 12.0 Å². The molecule has 0 unspecified atom stereocenters. The van der Waals surface area contributed by atoms with Crippen LogP contribution in [0.25, 0.3) is 0 Å². The summed E-state index contributed by atoms with van der Waals surface area (Å²) < 4.78 is 0. The lowest BCUT2D eigenvalue weighted by molar-refractivity contribution is 0.206. The minimum Gasteiger partial charge on any atom is -0.338 e. The molecule has 0 saturated carbocycles. The topological polar surface area (TPSA) is 32.3 Å². The van der Waals surface area contributed by atoms with Crippen molar-refractivity contribution >= 4 is 6.03 Å². The number of carbonyl (C=O) groups excluding carboxylic acids is 1. The lowest BCUT2D eigenvalue weighted by Crippen LogP contribution is -2.37. The van der Waals surface area contributed by atoms with Gasteiger partial charge >= 0.3 is 6.03 Å². The van der Waals surface area contributed by atoms with Crippen molar-refractivity contribution in [2.24, 2.45) is 0 Å². The number of hydrogen-bond acceptors (Lipinski definition) is 1. The summed E-state index contributed by atoms with van der Waals surface area (Å²) in [6, 6.07) is 10.0. The Balaban J connectivity index is 2.21. The predicted molar refractivity (Wildman–Crippen MR) is 75.4 cm³/mol. The van der Waals surface area contributed by atoms with E-state index in [2.05, 4.69) is 12.2 Å². The van der Waals surface area contributed by atoms with Gasteiger partial charge in [-0.25, -0.2) is 4.79 Å². The lowest BCUT2D eigenvalue weighted by atomic mass is 10.2. The third kappa shape index (κ3) is 5.71. The highest BCUT2D eigenvalue weighted by atomic mass is 16.2. The molecule has 0 aliphatic rings. The van der Waals surface area contributed by atoms with Crippen LogP contribution in [0.5, 0.6) is 0 Å². The van der Waals surface area contributed by atoms with E-state index in [1.165, 1.54) is 19.3 Å². The van der Waals surface area contributed by atoms with Gasteiger partial charge in [0.05, 0.1) is 0 Å². The quantitative estimate of drug-likeness (QED) is 0.737. The van der Waals surface area contributed by atoms with E-state index in [0.717, 1.165) is 18.5 Å². The first-order valence-electron chi connectivity index (χ1n) is 6.77. The Bertz CT molecular complexity index is 338. The van der Waals surface area contributed by atoms with Crippen LogP contribution in [0.1, 0.15) is 38.2 Å². The van der Waals surface area contributed by atoms with Crippen LogP contribution in [0.3, 0.4) is 0 Å². The zero-order valence-corrected chi connectivity index (χ0v) is 11.5. The van der Waals surface area contributed by atoms with Crippen LogP contribution in [0.15, 0.2) is 30.3 Å². The van der Waals surface area contributed by atoms with Gasteiger partial charge in [-0.1, -0.05) is 56.5 Å². The molecule has 1 N–H and O–H groups in total. The van der Waals surface area contributed by atoms with E-state index >= 15 is 0 Å². The highest BCUT2D eigenvalue weighted by Crippen LogP contribution is 2.03. The summed E-state index contributed by atoms with van der Waals surface area (Å²) in [5, 5.41) is 2.95. The Morgan fingerprint density at radius 2 is 1.89 bits per heavy atom. The molecular formula is C15H24N2O. The van der Waals surface area contributed by atoms with E-state index in [1.54, 1.807) is 4.90 Å². The maximum atomic E-state index is 11.8. The summed E-state index contributed by atoms with van der Waals surface area (Å²) in [5.41, 5.74) is 1.15. The van der Waals surface area contributed by atoms with E-state index in [-0.39, 0.29) is 6.03 Å². The Kier molecular flexibility index (Phi) is 6.92. The largest absolute Gasteiger partial charge is 0.338 e. The van der Waals surface area contributed by atoms with E-state index in [0.29, 0.717) is 6.54 Å². The van der Waals surface area contributed by atoms with Gasteiger partial charge in [0.25, 0.3) is 0 Å². The molecule has 18 heavy (non-hydrogen) atoms. The third-order valence-corrected chi connectivity index (χ3v) is 2.92. The number of unbranched alkanes of at least 4 members (excludes halogenated alkanes) is 3. The Morgan fingerprint density at radius 3 is 2.56 bits per heavy atom. The average molecular weight is 248 g/mol. The van der Waals surface area contributed by atoms with Gasteiger partial charge in [-0.3, -0.25) is 0 Å². The Hall–Kier alpha value is -1.51. The first kappa shape index (κ1) is 14.6. The van der Waals surface area contributed by atoms with Crippen LogP contribution >= 0.6 is 0 Å². The van der Waals surface area contributed by atoms with Crippen molar-refractivity contribution in [1.82, 2.24) is 10.2 Å². The van der Waals surface area contributed by atoms with Crippen molar-refractivity contribution in [3.05, 3.63) is 35.9 Å². The number of carbonyl (C=O) groups is 1. The Labute approximate surface area is 110 Å². The summed E-state index contributed by atoms with van der Waals surface area (Å²) in [6.45, 7) is 3.62. The molecule has 0 saturated heterocycles. The van der Waals surface area contributed by atoms with Gasteiger partial charge in [0.2, 0.25) is 0 Å². The lowest BCUT2D eigenvalue weighted by Gasteiger charge is -2.18. The molecule has 3 nitrogen and oxygen atoms in total. The third-order valence-electron chi connectivity index (χ3n) is 2.92. The van der Waals surface area contributed by atoms with Crippen molar-refractivity contribution < 1.29 is 4.79 Å². The Morgan fingerprint density at radius 1 is 1.17 bits per heavy atom. The number of amides is 2. The maximum absolute atomic E-state index is 11.8. The van der Waals surface area contributed by atoms with Crippen LogP contribution in [0.4, 0.5) is 4.79 Å². The highest BCUT2D eigenvalue weighted by molar-refractivity contribution is 5.73. The van der Waals surface area contributed by atoms with Crippen LogP contribution in [0.2, 0.25) is 0 Å². The molecule has 0 heterocycles. The minimum atomic E-state index is 0.00958. The monoisotopic (exact) mass is 248 g/mol. The van der Waals surface area contributed by atoms with E-state index in [4.69, 9.17) is 0 Å². The minimum absolute atomic E-state index is 0.00958. The second-order valence-corrected chi connectivity index (χ2v) is 4.63. The molecule has 0 bridgehead atoms. The van der Waals surface area contributed by atoms with Gasteiger partial charge in [-0.15, -0.1) is 0 Å². The molecule has 1 aromatic rings. The van der Waals surface area contributed by atoms with E-state index in [9.17, 15) is 4.79 Å². The number of urea groups is 1. The zero-order valence-electron chi connectivity index (χ0n) is 11.5. The predicted octanol–water partition coefficient (Wildman–Crippen LogP) is 3.41. The molecule has 0 fully saturated rings. The average Bonchev–Trinajstić information content (AvgIpc) is 2.39. The summed E-state index contributed by atoms with van der Waals surface area (Å²) >= 11 is 0. The van der Waals surface area contributed by atoms with Gasteiger partial charge in [-0.2, -0.15) is 0 Å². The summed E-state index contributed by atoms with van der Waals surface area (Å²) in [5.74, 6) is 0. The van der Waals surface area contributed by atoms with Crippen molar-refractivity contribution in [1.29, 1.82) is 0 Å². The second kappa shape index (κ2) is 8.56. The molecule has 1 aromatic carbocycles. The highest BCUT2D eigenvalue weighted by Gasteiger charge is 2.07. The van der Waals surface area contributed by atoms with Crippen molar-refractivity contribution in [3.63, 3.8) is 0 Å². The molecular weight excluding hydrogens is 224 g/mol. The fourth-order valence-electron chi connectivity index (χ4n) is 1.81. The summed E-state index contributed by atoms with van der Waals surface area (Å²) in [6.07, 6.45) is 4.73. The SMILES string of the molecule is CCCCCCNC(=O)N(C)Cc1ccccc1. The number of nitrogens with one attached hydrogen (secondary N) is 1. The van der Waals surface area contributed by atoms with Crippen molar-refractivity contribution in [2.45, 2.75) is 39.2 Å². The summed E-state index contributed by atoms with van der Waals surface area (Å²) in [7, 11) is 1.83. The van der Waals surface area contributed by atoms with Crippen LogP contribution < -0.4 is 5.32 Å². The fourth-order valence-corrected chi connectivity index (χ4v) is 1.81. The molecule has 0 radical (unpaired) electrons. The summed E-state index contributed by atoms with van der Waals surface area (Å²) in [4.78, 5) is 13.5. The van der Waals surface area contributed by atoms with Gasteiger partial charge < -0.3 is 10.2 Å². The first-order valence-corrected chi connectivity index (χ1v) is 6.77. The van der Waals surface area contributed by atoms with Crippen molar-refractivity contribution in [3.8, 4) is 0 Å². The molecule has 0 aliphatic carbocycles. The second-order valence-electron chi connectivity index (χ2n) is 4.63. The van der Waals surface area contributed by atoms with Crippen LogP contribution in [-0.2, 0) is 6.54 Å². The van der Waals surface area contributed by atoms with Gasteiger partial charge in [0.1, 0.15) is 0 Å². The maximum Gasteiger partial charge on any atom is 0.317 e. The molecule has 0 aromatic heterocycles. The smallest absolute Gasteiger partial charge is 0.317 e. The normalized spacial score (nSPS) is 10.1. The molecule has 2 amide bonds. The number of hydrogen-bond donors (Lipinski definition) is 1. The molecule has 0 aliphatic heterocycles. The molecule has 0 atom stereocenters. The van der Waals surface area contributed by atoms with Crippen LogP contribution in [-0.4, -0.2) is 24.5 Å². The van der Waals surface area contributed by atoms with Gasteiger partial charge in [0, 0.05) is 20.1 Å².